The second-order valence-corrected chi connectivity index (χ2v) is 7.60. The maximum absolute atomic E-state index is 15.0. The monoisotopic (exact) mass is 499 g/mol. The van der Waals surface area contributed by atoms with Crippen molar-refractivity contribution in [2.45, 2.75) is 6.10 Å². The lowest BCUT2D eigenvalue weighted by atomic mass is 10.1. The molecule has 1 saturated heterocycles. The number of aliphatic hydroxyl groups excluding tert-OH is 2. The Morgan fingerprint density at radius 1 is 1.42 bits per heavy atom. The minimum absolute atomic E-state index is 0.0826. The number of carbonyl (C=O) groups excluding carboxylic acids is 2. The zero-order valence-electron chi connectivity index (χ0n) is 19.2. The number of nitrogens with two attached hydrogens (primary N) is 1. The van der Waals surface area contributed by atoms with Crippen LogP contribution >= 0.6 is 0 Å². The highest BCUT2D eigenvalue weighted by Gasteiger charge is 2.32. The predicted octanol–water partition coefficient (Wildman–Crippen LogP) is 1.16. The Morgan fingerprint density at radius 2 is 2.22 bits per heavy atom. The van der Waals surface area contributed by atoms with Crippen LogP contribution in [0.1, 0.15) is 0 Å². The number of nitrogens with zero attached hydrogens (tertiary/aromatic N) is 4. The summed E-state index contributed by atoms with van der Waals surface area (Å²) in [5, 5.41) is 27.5. The summed E-state index contributed by atoms with van der Waals surface area (Å²) >= 11 is 0. The van der Waals surface area contributed by atoms with Crippen molar-refractivity contribution in [2.24, 2.45) is 10.7 Å². The summed E-state index contributed by atoms with van der Waals surface area (Å²) in [6.07, 6.45) is 3.26. The van der Waals surface area contributed by atoms with Gasteiger partial charge < -0.3 is 30.9 Å². The number of aliphatic hydroxyl groups is 2. The van der Waals surface area contributed by atoms with Gasteiger partial charge in [-0.25, -0.2) is 14.2 Å². The number of halogens is 1. The van der Waals surface area contributed by atoms with Crippen molar-refractivity contribution in [3.63, 3.8) is 0 Å². The molecule has 1 aromatic heterocycles. The molecule has 0 bridgehead atoms. The van der Waals surface area contributed by atoms with E-state index in [4.69, 9.17) is 26.1 Å². The van der Waals surface area contributed by atoms with E-state index in [-0.39, 0.29) is 37.6 Å². The van der Waals surface area contributed by atoms with Gasteiger partial charge in [-0.15, -0.1) is 0 Å². The summed E-state index contributed by atoms with van der Waals surface area (Å²) in [4.78, 5) is 34.4. The van der Waals surface area contributed by atoms with E-state index < -0.39 is 30.5 Å². The molecule has 0 aliphatic carbocycles. The quantitative estimate of drug-likeness (QED) is 0.174. The van der Waals surface area contributed by atoms with Gasteiger partial charge in [-0.1, -0.05) is 0 Å². The van der Waals surface area contributed by atoms with Gasteiger partial charge in [0.2, 0.25) is 5.91 Å². The van der Waals surface area contributed by atoms with E-state index in [0.29, 0.717) is 17.1 Å². The molecule has 2 heterocycles. The number of cyclic esters (lactones) is 1. The second-order valence-electron chi connectivity index (χ2n) is 7.60. The molecule has 0 spiro atoms. The van der Waals surface area contributed by atoms with Crippen molar-refractivity contribution in [3.8, 4) is 11.1 Å². The highest BCUT2D eigenvalue weighted by molar-refractivity contribution is 5.92. The zero-order valence-corrected chi connectivity index (χ0v) is 19.2. The Morgan fingerprint density at radius 3 is 2.86 bits per heavy atom. The maximum Gasteiger partial charge on any atom is 0.414 e. The van der Waals surface area contributed by atoms with Crippen molar-refractivity contribution in [1.82, 2.24) is 10.3 Å². The van der Waals surface area contributed by atoms with E-state index >= 15 is 0 Å². The summed E-state index contributed by atoms with van der Waals surface area (Å²) in [6.45, 7) is 0.0960. The average Bonchev–Trinajstić information content (AvgIpc) is 3.26. The molecule has 1 atom stereocenters. The average molecular weight is 500 g/mol. The van der Waals surface area contributed by atoms with Crippen LogP contribution in [0.15, 0.2) is 53.9 Å². The molecule has 6 N–H and O–H groups in total. The first-order chi connectivity index (χ1) is 17.4. The van der Waals surface area contributed by atoms with Gasteiger partial charge in [0.15, 0.2) is 0 Å². The van der Waals surface area contributed by atoms with Crippen LogP contribution in [0.5, 0.6) is 0 Å². The van der Waals surface area contributed by atoms with Crippen LogP contribution in [0.25, 0.3) is 11.1 Å². The minimum atomic E-state index is -0.633. The van der Waals surface area contributed by atoms with Crippen LogP contribution in [0.3, 0.4) is 0 Å². The molecule has 0 saturated carbocycles. The fourth-order valence-electron chi connectivity index (χ4n) is 3.40. The lowest BCUT2D eigenvalue weighted by molar-refractivity contribution is -0.123. The largest absolute Gasteiger partial charge is 0.515 e. The molecule has 1 aliphatic heterocycles. The number of anilines is 2. The van der Waals surface area contributed by atoms with Crippen LogP contribution in [0.2, 0.25) is 0 Å². The molecule has 1 unspecified atom stereocenters. The molecular formula is C23H26FN7O5. The molecule has 1 fully saturated rings. The fourth-order valence-corrected chi connectivity index (χ4v) is 3.40. The topological polar surface area (TPSA) is 177 Å². The third-order valence-corrected chi connectivity index (χ3v) is 5.19. The number of hydrogen-bond acceptors (Lipinski definition) is 8. The van der Waals surface area contributed by atoms with Gasteiger partial charge in [0.05, 0.1) is 31.4 Å². The summed E-state index contributed by atoms with van der Waals surface area (Å²) in [5.41, 5.74) is 6.64. The van der Waals surface area contributed by atoms with Gasteiger partial charge in [-0.05, 0) is 30.3 Å². The number of hydrogen-bond donors (Lipinski definition) is 5. The van der Waals surface area contributed by atoms with E-state index in [0.717, 1.165) is 12.6 Å². The molecule has 0 radical (unpaired) electrons. The van der Waals surface area contributed by atoms with Crippen molar-refractivity contribution in [2.75, 3.05) is 42.6 Å². The van der Waals surface area contributed by atoms with Crippen molar-refractivity contribution in [1.29, 1.82) is 5.41 Å². The molecular weight excluding hydrogens is 473 g/mol. The summed E-state index contributed by atoms with van der Waals surface area (Å²) in [5.74, 6) is -0.579. The number of amidine groups is 1. The highest BCUT2D eigenvalue weighted by atomic mass is 19.1. The number of ether oxygens (including phenoxy) is 1. The van der Waals surface area contributed by atoms with E-state index in [2.05, 4.69) is 15.3 Å². The van der Waals surface area contributed by atoms with Crippen LogP contribution in [-0.4, -0.2) is 78.3 Å². The number of carbonyl (C=O) groups is 2. The molecule has 3 rings (SSSR count). The first-order valence-corrected chi connectivity index (χ1v) is 10.9. The van der Waals surface area contributed by atoms with Gasteiger partial charge in [0.25, 0.3) is 0 Å². The van der Waals surface area contributed by atoms with Gasteiger partial charge in [0, 0.05) is 36.5 Å². The molecule has 13 heteroatoms. The molecule has 36 heavy (non-hydrogen) atoms. The SMILES string of the molecule is N=CN(CCNC(=O)CO)c1ccc(-c2ccc(N3CC(CN=C(N)/C=C\O)OC3=O)cc2F)cn1. The van der Waals surface area contributed by atoms with Crippen molar-refractivity contribution < 1.29 is 28.9 Å². The molecule has 12 nitrogen and oxygen atoms in total. The highest BCUT2D eigenvalue weighted by Crippen LogP contribution is 2.29. The molecule has 1 aliphatic rings. The van der Waals surface area contributed by atoms with Crippen LogP contribution < -0.4 is 20.9 Å². The summed E-state index contributed by atoms with van der Waals surface area (Å²) < 4.78 is 20.2. The van der Waals surface area contributed by atoms with Gasteiger partial charge >= 0.3 is 6.09 Å². The Bertz CT molecular complexity index is 1160. The Balaban J connectivity index is 1.67. The third-order valence-electron chi connectivity index (χ3n) is 5.19. The Hall–Kier alpha value is -4.52. The van der Waals surface area contributed by atoms with E-state index in [1.54, 1.807) is 18.2 Å². The number of amides is 2. The van der Waals surface area contributed by atoms with E-state index in [9.17, 15) is 14.0 Å². The van der Waals surface area contributed by atoms with Crippen molar-refractivity contribution >= 4 is 35.7 Å². The van der Waals surface area contributed by atoms with Gasteiger partial charge in [0.1, 0.15) is 30.2 Å². The molecule has 2 aromatic rings. The maximum atomic E-state index is 15.0. The van der Waals surface area contributed by atoms with E-state index in [1.165, 1.54) is 34.2 Å². The van der Waals surface area contributed by atoms with Crippen molar-refractivity contribution in [3.05, 3.63) is 54.7 Å². The predicted molar refractivity (Wildman–Crippen MR) is 132 cm³/mol. The number of nitrogens with one attached hydrogen (secondary N) is 2. The van der Waals surface area contributed by atoms with Crippen LogP contribution in [0.4, 0.5) is 20.7 Å². The molecule has 1 aromatic carbocycles. The van der Waals surface area contributed by atoms with Gasteiger partial charge in [-0.3, -0.25) is 20.1 Å². The lowest BCUT2D eigenvalue weighted by Crippen LogP contribution is -2.35. The smallest absolute Gasteiger partial charge is 0.414 e. The number of rotatable bonds is 11. The van der Waals surface area contributed by atoms with Crippen LogP contribution in [-0.2, 0) is 9.53 Å². The minimum Gasteiger partial charge on any atom is -0.515 e. The standard InChI is InChI=1S/C23H26FN7O5/c24-19-9-16(31-12-17(36-23(31)35)11-28-20(26)5-8-32)2-3-18(19)15-1-4-21(29-10-15)30(14-25)7-6-27-22(34)13-33/h1-5,8-10,14,17,25,32-33H,6-7,11-13H2,(H2,26,28)(H,27,34)/b8-5-,25-14?. The fraction of sp³-hybridized carbons (Fsp3) is 0.261. The number of aliphatic imine (C=N–C) groups is 1. The van der Waals surface area contributed by atoms with Gasteiger partial charge in [-0.2, -0.15) is 0 Å². The molecule has 2 amide bonds. The first kappa shape index (κ1) is 26.1. The Kier molecular flexibility index (Phi) is 8.89. The summed E-state index contributed by atoms with van der Waals surface area (Å²) in [6, 6.07) is 7.61. The lowest BCUT2D eigenvalue weighted by Gasteiger charge is -2.18. The number of benzene rings is 1. The third kappa shape index (κ3) is 6.54. The van der Waals surface area contributed by atoms with Crippen LogP contribution in [0, 0.1) is 11.2 Å². The Labute approximate surface area is 206 Å². The van der Waals surface area contributed by atoms with E-state index in [1.807, 2.05) is 0 Å². The zero-order chi connectivity index (χ0) is 26.1. The number of aromatic nitrogens is 1. The normalized spacial score (nSPS) is 15.7. The second kappa shape index (κ2) is 12.3. The first-order valence-electron chi connectivity index (χ1n) is 10.9. The summed E-state index contributed by atoms with van der Waals surface area (Å²) in [7, 11) is 0. The number of pyridine rings is 1. The molecule has 190 valence electrons.